The van der Waals surface area contributed by atoms with Gasteiger partial charge in [-0.2, -0.15) is 0 Å². The molecule has 5 heteroatoms. The first-order chi connectivity index (χ1) is 9.05. The molecular weight excluding hydrogens is 248 g/mol. The van der Waals surface area contributed by atoms with Crippen LogP contribution < -0.4 is 0 Å². The van der Waals surface area contributed by atoms with E-state index in [1.807, 2.05) is 20.8 Å². The summed E-state index contributed by atoms with van der Waals surface area (Å²) in [7, 11) is 0. The van der Waals surface area contributed by atoms with Crippen molar-refractivity contribution in [1.82, 2.24) is 0 Å². The summed E-state index contributed by atoms with van der Waals surface area (Å²) in [6, 6.07) is 0. The van der Waals surface area contributed by atoms with Crippen molar-refractivity contribution >= 4 is 11.8 Å². The molecule has 0 aromatic rings. The predicted octanol–water partition coefficient (Wildman–Crippen LogP) is 2.77. The molecule has 112 valence electrons. The highest BCUT2D eigenvalue weighted by Crippen LogP contribution is 2.20. The first kappa shape index (κ1) is 18.1. The van der Waals surface area contributed by atoms with Gasteiger partial charge >= 0.3 is 11.8 Å². The van der Waals surface area contributed by atoms with Crippen molar-refractivity contribution in [2.24, 2.45) is 0 Å². The Morgan fingerprint density at radius 3 is 1.74 bits per heavy atom. The summed E-state index contributed by atoms with van der Waals surface area (Å²) in [5, 5.41) is 9.35. The zero-order valence-corrected chi connectivity index (χ0v) is 12.2. The zero-order chi connectivity index (χ0) is 14.7. The Bertz CT molecular complexity index is 265. The summed E-state index contributed by atoms with van der Waals surface area (Å²) in [5.74, 6) is -3.96. The lowest BCUT2D eigenvalue weighted by Gasteiger charge is -2.28. The van der Waals surface area contributed by atoms with Crippen LogP contribution in [0.1, 0.15) is 59.3 Å². The topological polar surface area (TPSA) is 72.8 Å². The standard InChI is InChI=1S/C14H26O5/c1-4-7-10-18-14(13(16)17,12(15)9-6-3)19-11-8-5-2/h4-11H2,1-3H3,(H,16,17). The third kappa shape index (κ3) is 5.70. The number of rotatable bonds is 12. The number of aliphatic carboxylic acids is 1. The molecule has 0 amide bonds. The molecule has 0 rings (SSSR count). The molecule has 0 unspecified atom stereocenters. The number of ether oxygens (including phenoxy) is 2. The average Bonchev–Trinajstić information content (AvgIpc) is 2.37. The molecule has 0 fully saturated rings. The van der Waals surface area contributed by atoms with Gasteiger partial charge in [-0.3, -0.25) is 4.79 Å². The normalized spacial score (nSPS) is 11.5. The van der Waals surface area contributed by atoms with Gasteiger partial charge in [-0.1, -0.05) is 33.6 Å². The Morgan fingerprint density at radius 2 is 1.42 bits per heavy atom. The van der Waals surface area contributed by atoms with Gasteiger partial charge in [0.15, 0.2) is 0 Å². The smallest absolute Gasteiger partial charge is 0.372 e. The van der Waals surface area contributed by atoms with Crippen molar-refractivity contribution in [3.05, 3.63) is 0 Å². The highest BCUT2D eigenvalue weighted by Gasteiger charge is 2.48. The number of carbonyl (C=O) groups excluding carboxylic acids is 1. The monoisotopic (exact) mass is 274 g/mol. The SMILES string of the molecule is CCCCOC(OCCCC)(C(=O)O)C(=O)CCC. The van der Waals surface area contributed by atoms with Gasteiger partial charge in [0.25, 0.3) is 0 Å². The maximum Gasteiger partial charge on any atom is 0.372 e. The molecule has 0 aliphatic heterocycles. The molecule has 0 aromatic heterocycles. The zero-order valence-electron chi connectivity index (χ0n) is 12.2. The number of hydrogen-bond donors (Lipinski definition) is 1. The fourth-order valence-corrected chi connectivity index (χ4v) is 1.56. The van der Waals surface area contributed by atoms with Crippen LogP contribution in [0.4, 0.5) is 0 Å². The molecule has 0 heterocycles. The van der Waals surface area contributed by atoms with E-state index >= 15 is 0 Å². The second kappa shape index (κ2) is 9.92. The number of Topliss-reactive ketones (excluding diaryl/α,β-unsaturated/α-hetero) is 1. The van der Waals surface area contributed by atoms with E-state index in [1.54, 1.807) is 0 Å². The first-order valence-corrected chi connectivity index (χ1v) is 7.09. The fourth-order valence-electron chi connectivity index (χ4n) is 1.56. The second-order valence-electron chi connectivity index (χ2n) is 4.50. The van der Waals surface area contributed by atoms with E-state index in [0.29, 0.717) is 19.3 Å². The lowest BCUT2D eigenvalue weighted by atomic mass is 10.1. The molecule has 0 radical (unpaired) electrons. The Labute approximate surface area is 115 Å². The third-order valence-corrected chi connectivity index (χ3v) is 2.73. The number of unbranched alkanes of at least 4 members (excludes halogenated alkanes) is 2. The van der Waals surface area contributed by atoms with Crippen molar-refractivity contribution in [2.45, 2.75) is 65.1 Å². The molecule has 1 N–H and O–H groups in total. The van der Waals surface area contributed by atoms with Gasteiger partial charge in [-0.15, -0.1) is 0 Å². The van der Waals surface area contributed by atoms with Gasteiger partial charge in [0.05, 0.1) is 13.2 Å². The number of ketones is 1. The quantitative estimate of drug-likeness (QED) is 0.336. The van der Waals surface area contributed by atoms with Gasteiger partial charge in [-0.05, 0) is 19.3 Å². The van der Waals surface area contributed by atoms with Crippen molar-refractivity contribution in [3.63, 3.8) is 0 Å². The highest BCUT2D eigenvalue weighted by atomic mass is 16.7. The van der Waals surface area contributed by atoms with Crippen LogP contribution in [0.25, 0.3) is 0 Å². The van der Waals surface area contributed by atoms with E-state index in [1.165, 1.54) is 0 Å². The number of carbonyl (C=O) groups is 2. The van der Waals surface area contributed by atoms with Crippen molar-refractivity contribution in [2.75, 3.05) is 13.2 Å². The van der Waals surface area contributed by atoms with Crippen LogP contribution in [-0.2, 0) is 19.1 Å². The summed E-state index contributed by atoms with van der Waals surface area (Å²) in [6.07, 6.45) is 3.85. The minimum atomic E-state index is -2.11. The summed E-state index contributed by atoms with van der Waals surface area (Å²) in [6.45, 7) is 6.19. The van der Waals surface area contributed by atoms with Crippen molar-refractivity contribution in [3.8, 4) is 0 Å². The van der Waals surface area contributed by atoms with E-state index in [9.17, 15) is 14.7 Å². The summed E-state index contributed by atoms with van der Waals surface area (Å²) in [4.78, 5) is 23.5. The van der Waals surface area contributed by atoms with Crippen LogP contribution >= 0.6 is 0 Å². The van der Waals surface area contributed by atoms with Gasteiger partial charge in [0, 0.05) is 6.42 Å². The Kier molecular flexibility index (Phi) is 9.43. The van der Waals surface area contributed by atoms with E-state index in [4.69, 9.17) is 9.47 Å². The molecule has 19 heavy (non-hydrogen) atoms. The molecule has 0 saturated heterocycles. The van der Waals surface area contributed by atoms with Crippen molar-refractivity contribution in [1.29, 1.82) is 0 Å². The van der Waals surface area contributed by atoms with Crippen LogP contribution in [0, 0.1) is 0 Å². The first-order valence-electron chi connectivity index (χ1n) is 7.09. The molecule has 0 spiro atoms. The lowest BCUT2D eigenvalue weighted by Crippen LogP contribution is -2.52. The number of carboxylic acid groups (broad SMARTS) is 1. The van der Waals surface area contributed by atoms with Gasteiger partial charge in [0.1, 0.15) is 0 Å². The molecule has 0 saturated carbocycles. The molecule has 0 aliphatic rings. The van der Waals surface area contributed by atoms with Crippen LogP contribution in [0.3, 0.4) is 0 Å². The summed E-state index contributed by atoms with van der Waals surface area (Å²) < 4.78 is 10.6. The van der Waals surface area contributed by atoms with Crippen molar-refractivity contribution < 1.29 is 24.2 Å². The predicted molar refractivity (Wildman–Crippen MR) is 72.0 cm³/mol. The Hall–Kier alpha value is -0.940. The largest absolute Gasteiger partial charge is 0.477 e. The Morgan fingerprint density at radius 1 is 0.947 bits per heavy atom. The van der Waals surface area contributed by atoms with E-state index in [-0.39, 0.29) is 19.6 Å². The minimum absolute atomic E-state index is 0.143. The summed E-state index contributed by atoms with van der Waals surface area (Å²) in [5.41, 5.74) is 0. The lowest BCUT2D eigenvalue weighted by molar-refractivity contribution is -0.237. The van der Waals surface area contributed by atoms with Gasteiger partial charge < -0.3 is 14.6 Å². The van der Waals surface area contributed by atoms with Crippen LogP contribution in [-0.4, -0.2) is 35.9 Å². The van der Waals surface area contributed by atoms with Crippen LogP contribution in [0.15, 0.2) is 0 Å². The fraction of sp³-hybridized carbons (Fsp3) is 0.857. The van der Waals surface area contributed by atoms with Gasteiger partial charge in [-0.25, -0.2) is 4.79 Å². The summed E-state index contributed by atoms with van der Waals surface area (Å²) >= 11 is 0. The maximum atomic E-state index is 12.1. The molecule has 0 bridgehead atoms. The van der Waals surface area contributed by atoms with E-state index in [2.05, 4.69) is 0 Å². The van der Waals surface area contributed by atoms with Gasteiger partial charge in [0.2, 0.25) is 5.78 Å². The third-order valence-electron chi connectivity index (χ3n) is 2.73. The maximum absolute atomic E-state index is 12.1. The van der Waals surface area contributed by atoms with E-state index < -0.39 is 17.5 Å². The van der Waals surface area contributed by atoms with E-state index in [0.717, 1.165) is 12.8 Å². The minimum Gasteiger partial charge on any atom is -0.477 e. The number of carboxylic acids is 1. The molecule has 0 atom stereocenters. The second-order valence-corrected chi connectivity index (χ2v) is 4.50. The van der Waals surface area contributed by atoms with Crippen LogP contribution in [0.2, 0.25) is 0 Å². The number of hydrogen-bond acceptors (Lipinski definition) is 4. The highest BCUT2D eigenvalue weighted by molar-refractivity contribution is 6.04. The molecule has 5 nitrogen and oxygen atoms in total. The van der Waals surface area contributed by atoms with Crippen LogP contribution in [0.5, 0.6) is 0 Å². The molecule has 0 aliphatic carbocycles. The molecular formula is C14H26O5. The molecule has 0 aromatic carbocycles. The average molecular weight is 274 g/mol. The Balaban J connectivity index is 4.88.